The second kappa shape index (κ2) is 8.04. The number of likely N-dealkylation sites (tertiary alicyclic amines) is 1. The van der Waals surface area contributed by atoms with Crippen molar-refractivity contribution in [1.82, 2.24) is 14.9 Å². The van der Waals surface area contributed by atoms with Crippen molar-refractivity contribution in [3.05, 3.63) is 11.9 Å². The predicted molar refractivity (Wildman–Crippen MR) is 84.3 cm³/mol. The molecule has 0 aromatic carbocycles. The number of nitrogens with one attached hydrogen (secondary N) is 2. The van der Waals surface area contributed by atoms with E-state index in [9.17, 15) is 0 Å². The second-order valence-electron chi connectivity index (χ2n) is 5.45. The average Bonchev–Trinajstić information content (AvgIpc) is 2.97. The maximum Gasteiger partial charge on any atom is 0.134 e. The van der Waals surface area contributed by atoms with Crippen LogP contribution in [-0.2, 0) is 0 Å². The van der Waals surface area contributed by atoms with Gasteiger partial charge in [0.2, 0.25) is 0 Å². The van der Waals surface area contributed by atoms with E-state index in [0.717, 1.165) is 36.7 Å². The van der Waals surface area contributed by atoms with Crippen LogP contribution in [0.15, 0.2) is 6.33 Å². The highest BCUT2D eigenvalue weighted by Gasteiger charge is 2.10. The summed E-state index contributed by atoms with van der Waals surface area (Å²) in [5.41, 5.74) is 1.11. The van der Waals surface area contributed by atoms with Crippen molar-refractivity contribution in [2.45, 2.75) is 39.5 Å². The van der Waals surface area contributed by atoms with Gasteiger partial charge in [-0.3, -0.25) is 0 Å². The molecule has 0 spiro atoms. The van der Waals surface area contributed by atoms with Crippen molar-refractivity contribution in [1.29, 1.82) is 0 Å². The Morgan fingerprint density at radius 2 is 1.75 bits per heavy atom. The zero-order chi connectivity index (χ0) is 14.2. The van der Waals surface area contributed by atoms with Crippen molar-refractivity contribution in [2.75, 3.05) is 43.4 Å². The Kier molecular flexibility index (Phi) is 6.05. The summed E-state index contributed by atoms with van der Waals surface area (Å²) in [6.45, 7) is 9.89. The van der Waals surface area contributed by atoms with Gasteiger partial charge in [0.15, 0.2) is 0 Å². The van der Waals surface area contributed by atoms with Crippen LogP contribution >= 0.6 is 0 Å². The summed E-state index contributed by atoms with van der Waals surface area (Å²) in [6.07, 6.45) is 6.63. The molecule has 1 aromatic heterocycles. The molecule has 0 saturated carbocycles. The molecule has 5 heteroatoms. The molecule has 1 aromatic rings. The summed E-state index contributed by atoms with van der Waals surface area (Å²) >= 11 is 0. The zero-order valence-electron chi connectivity index (χ0n) is 12.8. The van der Waals surface area contributed by atoms with E-state index < -0.39 is 0 Å². The lowest BCUT2D eigenvalue weighted by molar-refractivity contribution is 0.337. The third-order valence-corrected chi connectivity index (χ3v) is 3.77. The molecule has 2 heterocycles. The molecule has 1 saturated heterocycles. The molecule has 1 fully saturated rings. The third kappa shape index (κ3) is 4.34. The lowest BCUT2D eigenvalue weighted by Gasteiger charge is -2.15. The van der Waals surface area contributed by atoms with Crippen LogP contribution in [0, 0.1) is 6.92 Å². The smallest absolute Gasteiger partial charge is 0.134 e. The topological polar surface area (TPSA) is 53.1 Å². The van der Waals surface area contributed by atoms with Crippen LogP contribution in [0.25, 0.3) is 0 Å². The zero-order valence-corrected chi connectivity index (χ0v) is 12.8. The molecule has 0 amide bonds. The van der Waals surface area contributed by atoms with Crippen molar-refractivity contribution < 1.29 is 0 Å². The lowest BCUT2D eigenvalue weighted by atomic mass is 10.3. The van der Waals surface area contributed by atoms with E-state index in [0.29, 0.717) is 0 Å². The highest BCUT2D eigenvalue weighted by molar-refractivity contribution is 5.56. The van der Waals surface area contributed by atoms with Crippen LogP contribution in [0.2, 0.25) is 0 Å². The molecule has 2 rings (SSSR count). The summed E-state index contributed by atoms with van der Waals surface area (Å²) in [6, 6.07) is 0. The number of hydrogen-bond donors (Lipinski definition) is 2. The fraction of sp³-hybridized carbons (Fsp3) is 0.733. The fourth-order valence-corrected chi connectivity index (χ4v) is 2.57. The number of aromatic nitrogens is 2. The monoisotopic (exact) mass is 277 g/mol. The first kappa shape index (κ1) is 15.0. The first-order valence-electron chi connectivity index (χ1n) is 7.83. The molecule has 1 aliphatic heterocycles. The van der Waals surface area contributed by atoms with Gasteiger partial charge in [-0.05, 0) is 52.2 Å². The van der Waals surface area contributed by atoms with E-state index in [1.807, 2.05) is 0 Å². The van der Waals surface area contributed by atoms with Gasteiger partial charge in [-0.1, -0.05) is 6.92 Å². The minimum Gasteiger partial charge on any atom is -0.370 e. The van der Waals surface area contributed by atoms with E-state index in [-0.39, 0.29) is 0 Å². The van der Waals surface area contributed by atoms with Gasteiger partial charge in [0, 0.05) is 18.7 Å². The van der Waals surface area contributed by atoms with Crippen LogP contribution < -0.4 is 10.6 Å². The predicted octanol–water partition coefficient (Wildman–Crippen LogP) is 2.50. The van der Waals surface area contributed by atoms with Crippen LogP contribution in [0.1, 0.15) is 38.2 Å². The number of nitrogens with zero attached hydrogens (tertiary/aromatic N) is 3. The van der Waals surface area contributed by atoms with Crippen molar-refractivity contribution in [3.63, 3.8) is 0 Å². The standard InChI is InChI=1S/C15H27N5/c1-3-7-16-14-13(2)15(19-12-18-14)17-8-6-11-20-9-4-5-10-20/h12H,3-11H2,1-2H3,(H2,16,17,18,19). The molecule has 20 heavy (non-hydrogen) atoms. The van der Waals surface area contributed by atoms with Crippen molar-refractivity contribution in [2.24, 2.45) is 0 Å². The normalized spacial score (nSPS) is 15.5. The highest BCUT2D eigenvalue weighted by Crippen LogP contribution is 2.18. The fourth-order valence-electron chi connectivity index (χ4n) is 2.57. The van der Waals surface area contributed by atoms with Gasteiger partial charge in [-0.15, -0.1) is 0 Å². The average molecular weight is 277 g/mol. The third-order valence-electron chi connectivity index (χ3n) is 3.77. The summed E-state index contributed by atoms with van der Waals surface area (Å²) in [5, 5.41) is 6.77. The Balaban J connectivity index is 1.76. The Morgan fingerprint density at radius 1 is 1.10 bits per heavy atom. The number of hydrogen-bond acceptors (Lipinski definition) is 5. The van der Waals surface area contributed by atoms with Gasteiger partial charge in [-0.2, -0.15) is 0 Å². The SMILES string of the molecule is CCCNc1ncnc(NCCCN2CCCC2)c1C. The molecule has 1 aliphatic rings. The van der Waals surface area contributed by atoms with Gasteiger partial charge in [0.25, 0.3) is 0 Å². The van der Waals surface area contributed by atoms with Crippen LogP contribution in [0.4, 0.5) is 11.6 Å². The molecule has 0 bridgehead atoms. The molecule has 2 N–H and O–H groups in total. The molecular weight excluding hydrogens is 250 g/mol. The van der Waals surface area contributed by atoms with Crippen LogP contribution in [0.5, 0.6) is 0 Å². The van der Waals surface area contributed by atoms with E-state index in [4.69, 9.17) is 0 Å². The van der Waals surface area contributed by atoms with E-state index >= 15 is 0 Å². The maximum absolute atomic E-state index is 4.34. The van der Waals surface area contributed by atoms with E-state index in [1.54, 1.807) is 6.33 Å². The van der Waals surface area contributed by atoms with Crippen LogP contribution in [-0.4, -0.2) is 47.6 Å². The van der Waals surface area contributed by atoms with Gasteiger partial charge >= 0.3 is 0 Å². The Hall–Kier alpha value is -1.36. The molecule has 5 nitrogen and oxygen atoms in total. The Labute approximate surface area is 122 Å². The molecule has 0 unspecified atom stereocenters. The van der Waals surface area contributed by atoms with Gasteiger partial charge < -0.3 is 15.5 Å². The number of anilines is 2. The summed E-state index contributed by atoms with van der Waals surface area (Å²) < 4.78 is 0. The van der Waals surface area contributed by atoms with Gasteiger partial charge in [0.1, 0.15) is 18.0 Å². The maximum atomic E-state index is 4.34. The summed E-state index contributed by atoms with van der Waals surface area (Å²) in [7, 11) is 0. The van der Waals surface area contributed by atoms with Crippen LogP contribution in [0.3, 0.4) is 0 Å². The first-order valence-corrected chi connectivity index (χ1v) is 7.83. The molecule has 0 aliphatic carbocycles. The van der Waals surface area contributed by atoms with E-state index in [2.05, 4.69) is 39.3 Å². The summed E-state index contributed by atoms with van der Waals surface area (Å²) in [5.74, 6) is 1.91. The highest BCUT2D eigenvalue weighted by atomic mass is 15.1. The molecule has 0 radical (unpaired) electrons. The minimum atomic E-state index is 0.948. The van der Waals surface area contributed by atoms with Crippen molar-refractivity contribution >= 4 is 11.6 Å². The Morgan fingerprint density at radius 3 is 2.40 bits per heavy atom. The molecule has 0 atom stereocenters. The largest absolute Gasteiger partial charge is 0.370 e. The Bertz CT molecular complexity index is 401. The minimum absolute atomic E-state index is 0.948. The van der Waals surface area contributed by atoms with Gasteiger partial charge in [0.05, 0.1) is 0 Å². The molecule has 112 valence electrons. The lowest BCUT2D eigenvalue weighted by Crippen LogP contribution is -2.22. The van der Waals surface area contributed by atoms with Crippen molar-refractivity contribution in [3.8, 4) is 0 Å². The number of rotatable bonds is 8. The van der Waals surface area contributed by atoms with E-state index in [1.165, 1.54) is 38.9 Å². The quantitative estimate of drug-likeness (QED) is 0.715. The molecular formula is C15H27N5. The first-order chi connectivity index (χ1) is 9.81. The second-order valence-corrected chi connectivity index (χ2v) is 5.45. The summed E-state index contributed by atoms with van der Waals surface area (Å²) in [4.78, 5) is 11.2. The van der Waals surface area contributed by atoms with Gasteiger partial charge in [-0.25, -0.2) is 9.97 Å².